The van der Waals surface area contributed by atoms with E-state index in [0.29, 0.717) is 24.0 Å². The van der Waals surface area contributed by atoms with E-state index in [0.717, 1.165) is 19.3 Å². The summed E-state index contributed by atoms with van der Waals surface area (Å²) >= 11 is 0. The van der Waals surface area contributed by atoms with Gasteiger partial charge in [-0.05, 0) is 31.0 Å². The van der Waals surface area contributed by atoms with E-state index in [1.165, 1.54) is 16.4 Å². The van der Waals surface area contributed by atoms with E-state index in [1.54, 1.807) is 12.3 Å². The maximum atomic E-state index is 12.8. The Hall–Kier alpha value is -1.86. The lowest BCUT2D eigenvalue weighted by atomic mass is 10.1. The minimum Gasteiger partial charge on any atom is -0.478 e. The number of H-pyrrole nitrogens is 1. The molecule has 0 amide bonds. The number of fused-ring (bicyclic) bond motifs is 1. The molecule has 0 unspecified atom stereocenters. The molecule has 0 bridgehead atoms. The molecule has 21 heavy (non-hydrogen) atoms. The summed E-state index contributed by atoms with van der Waals surface area (Å²) in [6.45, 7) is 0.983. The lowest BCUT2D eigenvalue weighted by Gasteiger charge is -2.26. The fourth-order valence-corrected chi connectivity index (χ4v) is 4.46. The number of hydrogen-bond donors (Lipinski definition) is 2. The third-order valence-corrected chi connectivity index (χ3v) is 5.75. The van der Waals surface area contributed by atoms with Crippen molar-refractivity contribution < 1.29 is 18.3 Å². The highest BCUT2D eigenvalue weighted by molar-refractivity contribution is 7.89. The van der Waals surface area contributed by atoms with Crippen molar-refractivity contribution in [2.75, 3.05) is 13.1 Å². The molecule has 2 N–H and O–H groups in total. The number of nitrogens with one attached hydrogen (secondary N) is 1. The summed E-state index contributed by atoms with van der Waals surface area (Å²) in [6.07, 6.45) is 4.33. The first-order chi connectivity index (χ1) is 10.00. The first-order valence-electron chi connectivity index (χ1n) is 6.85. The molecule has 1 aromatic carbocycles. The smallest absolute Gasteiger partial charge is 0.335 e. The monoisotopic (exact) mass is 308 g/mol. The average molecular weight is 308 g/mol. The predicted octanol–water partition coefficient (Wildman–Crippen LogP) is 2.04. The van der Waals surface area contributed by atoms with Crippen molar-refractivity contribution in [3.63, 3.8) is 0 Å². The van der Waals surface area contributed by atoms with Gasteiger partial charge in [0, 0.05) is 30.2 Å². The predicted molar refractivity (Wildman–Crippen MR) is 77.9 cm³/mol. The number of hydrogen-bond acceptors (Lipinski definition) is 3. The number of carbonyl (C=O) groups is 1. The largest absolute Gasteiger partial charge is 0.478 e. The van der Waals surface area contributed by atoms with Crippen LogP contribution in [0, 0.1) is 0 Å². The molecular formula is C14H16N2O4S. The van der Waals surface area contributed by atoms with Gasteiger partial charge in [0.1, 0.15) is 0 Å². The Kier molecular flexibility index (Phi) is 3.46. The minimum atomic E-state index is -3.66. The van der Waals surface area contributed by atoms with E-state index in [1.807, 2.05) is 0 Å². The van der Waals surface area contributed by atoms with Crippen molar-refractivity contribution in [3.8, 4) is 0 Å². The van der Waals surface area contributed by atoms with Crippen LogP contribution in [-0.4, -0.2) is 41.9 Å². The molecule has 6 nitrogen and oxygen atoms in total. The topological polar surface area (TPSA) is 90.5 Å². The highest BCUT2D eigenvalue weighted by atomic mass is 32.2. The van der Waals surface area contributed by atoms with Crippen molar-refractivity contribution in [1.29, 1.82) is 0 Å². The van der Waals surface area contributed by atoms with Crippen LogP contribution < -0.4 is 0 Å². The number of carboxylic acids is 1. The molecule has 0 radical (unpaired) electrons. The summed E-state index contributed by atoms with van der Waals surface area (Å²) < 4.78 is 27.0. The first kappa shape index (κ1) is 14.1. The van der Waals surface area contributed by atoms with E-state index in [2.05, 4.69) is 4.98 Å². The lowest BCUT2D eigenvalue weighted by molar-refractivity contribution is 0.0697. The second kappa shape index (κ2) is 5.16. The zero-order valence-corrected chi connectivity index (χ0v) is 12.2. The van der Waals surface area contributed by atoms with Gasteiger partial charge < -0.3 is 10.1 Å². The molecule has 1 aliphatic heterocycles. The van der Waals surface area contributed by atoms with Crippen LogP contribution in [0.25, 0.3) is 10.9 Å². The molecule has 0 saturated carbocycles. The first-order valence-corrected chi connectivity index (χ1v) is 8.29. The SMILES string of the molecule is O=C(O)c1cc(S(=O)(=O)N2CCCCC2)c2cc[nH]c2c1. The zero-order chi connectivity index (χ0) is 15.0. The summed E-state index contributed by atoms with van der Waals surface area (Å²) in [4.78, 5) is 14.2. The van der Waals surface area contributed by atoms with Crippen molar-refractivity contribution in [2.45, 2.75) is 24.2 Å². The van der Waals surface area contributed by atoms with Gasteiger partial charge in [0.05, 0.1) is 10.5 Å². The van der Waals surface area contributed by atoms with Gasteiger partial charge in [-0.25, -0.2) is 13.2 Å². The zero-order valence-electron chi connectivity index (χ0n) is 11.4. The van der Waals surface area contributed by atoms with Crippen LogP contribution in [0.15, 0.2) is 29.3 Å². The Morgan fingerprint density at radius 2 is 1.90 bits per heavy atom. The quantitative estimate of drug-likeness (QED) is 0.908. The van der Waals surface area contributed by atoms with Crippen molar-refractivity contribution >= 4 is 26.9 Å². The Balaban J connectivity index is 2.18. The molecule has 1 saturated heterocycles. The maximum absolute atomic E-state index is 12.8. The van der Waals surface area contributed by atoms with Crippen LogP contribution in [0.5, 0.6) is 0 Å². The standard InChI is InChI=1S/C14H16N2O4S/c17-14(18)10-8-12-11(4-5-15-12)13(9-10)21(19,20)16-6-2-1-3-7-16/h4-5,8-9,15H,1-3,6-7H2,(H,17,18). The molecule has 2 aromatic rings. The van der Waals surface area contributed by atoms with Gasteiger partial charge in [0.25, 0.3) is 0 Å². The van der Waals surface area contributed by atoms with Crippen molar-refractivity contribution in [1.82, 2.24) is 9.29 Å². The molecule has 2 heterocycles. The van der Waals surface area contributed by atoms with Gasteiger partial charge in [-0.1, -0.05) is 6.42 Å². The number of benzene rings is 1. The minimum absolute atomic E-state index is 0.0273. The van der Waals surface area contributed by atoms with Gasteiger partial charge >= 0.3 is 5.97 Å². The number of nitrogens with zero attached hydrogens (tertiary/aromatic N) is 1. The van der Waals surface area contributed by atoms with E-state index in [9.17, 15) is 13.2 Å². The summed E-state index contributed by atoms with van der Waals surface area (Å²) in [7, 11) is -3.66. The van der Waals surface area contributed by atoms with E-state index < -0.39 is 16.0 Å². The lowest BCUT2D eigenvalue weighted by Crippen LogP contribution is -2.35. The van der Waals surface area contributed by atoms with Crippen LogP contribution in [0.2, 0.25) is 0 Å². The van der Waals surface area contributed by atoms with Crippen molar-refractivity contribution in [2.24, 2.45) is 0 Å². The van der Waals surface area contributed by atoms with Crippen LogP contribution in [-0.2, 0) is 10.0 Å². The highest BCUT2D eigenvalue weighted by Crippen LogP contribution is 2.28. The number of aromatic nitrogens is 1. The molecule has 0 atom stereocenters. The second-order valence-electron chi connectivity index (χ2n) is 5.18. The normalized spacial score (nSPS) is 17.1. The number of aromatic amines is 1. The molecular weight excluding hydrogens is 292 g/mol. The number of aromatic carboxylic acids is 1. The Bertz CT molecular complexity index is 788. The molecule has 1 fully saturated rings. The number of carboxylic acid groups (broad SMARTS) is 1. The van der Waals surface area contributed by atoms with E-state index in [4.69, 9.17) is 5.11 Å². The summed E-state index contributed by atoms with van der Waals surface area (Å²) in [5.41, 5.74) is 0.492. The van der Waals surface area contributed by atoms with Gasteiger partial charge in [0.2, 0.25) is 10.0 Å². The Morgan fingerprint density at radius 1 is 1.19 bits per heavy atom. The molecule has 112 valence electrons. The van der Waals surface area contributed by atoms with Crippen LogP contribution >= 0.6 is 0 Å². The molecule has 0 aliphatic carbocycles. The summed E-state index contributed by atoms with van der Waals surface area (Å²) in [5.74, 6) is -1.14. The maximum Gasteiger partial charge on any atom is 0.335 e. The third-order valence-electron chi connectivity index (χ3n) is 3.81. The fraction of sp³-hybridized carbons (Fsp3) is 0.357. The molecule has 1 aliphatic rings. The van der Waals surface area contributed by atoms with E-state index in [-0.39, 0.29) is 10.5 Å². The van der Waals surface area contributed by atoms with Crippen LogP contribution in [0.3, 0.4) is 0 Å². The average Bonchev–Trinajstić information content (AvgIpc) is 2.95. The summed E-state index contributed by atoms with van der Waals surface area (Å²) in [5, 5.41) is 9.69. The van der Waals surface area contributed by atoms with E-state index >= 15 is 0 Å². The Morgan fingerprint density at radius 3 is 2.57 bits per heavy atom. The Labute approximate surface area is 122 Å². The van der Waals surface area contributed by atoms with Crippen molar-refractivity contribution in [3.05, 3.63) is 30.0 Å². The van der Waals surface area contributed by atoms with Gasteiger partial charge in [-0.3, -0.25) is 0 Å². The molecule has 0 spiro atoms. The summed E-state index contributed by atoms with van der Waals surface area (Å²) in [6, 6.07) is 4.37. The highest BCUT2D eigenvalue weighted by Gasteiger charge is 2.28. The van der Waals surface area contributed by atoms with Gasteiger partial charge in [-0.15, -0.1) is 0 Å². The van der Waals surface area contributed by atoms with Crippen LogP contribution in [0.4, 0.5) is 0 Å². The molecule has 1 aromatic heterocycles. The number of sulfonamides is 1. The molecule has 3 rings (SSSR count). The number of piperidine rings is 1. The second-order valence-corrected chi connectivity index (χ2v) is 7.09. The van der Waals surface area contributed by atoms with Crippen LogP contribution in [0.1, 0.15) is 29.6 Å². The number of rotatable bonds is 3. The fourth-order valence-electron chi connectivity index (χ4n) is 2.71. The molecule has 7 heteroatoms. The van der Waals surface area contributed by atoms with Gasteiger partial charge in [-0.2, -0.15) is 4.31 Å². The van der Waals surface area contributed by atoms with Gasteiger partial charge in [0.15, 0.2) is 0 Å². The third kappa shape index (κ3) is 2.43.